The number of fused-ring (bicyclic) bond motifs is 1. The molecule has 1 atom stereocenters. The fourth-order valence-corrected chi connectivity index (χ4v) is 3.08. The molecule has 1 fully saturated rings. The third kappa shape index (κ3) is 2.20. The van der Waals surface area contributed by atoms with Gasteiger partial charge in [-0.1, -0.05) is 24.3 Å². The predicted octanol–water partition coefficient (Wildman–Crippen LogP) is 1.50. The maximum Gasteiger partial charge on any atom is 0.167 e. The molecule has 0 spiro atoms. The van der Waals surface area contributed by atoms with Gasteiger partial charge in [0.2, 0.25) is 0 Å². The molecule has 0 saturated carbocycles. The molecule has 1 aromatic rings. The van der Waals surface area contributed by atoms with Crippen LogP contribution in [0.2, 0.25) is 0 Å². The van der Waals surface area contributed by atoms with Crippen LogP contribution in [0.5, 0.6) is 0 Å². The van der Waals surface area contributed by atoms with Gasteiger partial charge in [-0.05, 0) is 24.8 Å². The summed E-state index contributed by atoms with van der Waals surface area (Å²) < 4.78 is 0. The molecule has 3 nitrogen and oxygen atoms in total. The van der Waals surface area contributed by atoms with Crippen LogP contribution < -0.4 is 0 Å². The Labute approximate surface area is 107 Å². The number of aliphatic hydroxyl groups excluding tert-OH is 1. The number of ketones is 1. The Hall–Kier alpha value is -1.19. The second kappa shape index (κ2) is 4.82. The van der Waals surface area contributed by atoms with Crippen molar-refractivity contribution in [1.82, 2.24) is 4.90 Å². The summed E-state index contributed by atoms with van der Waals surface area (Å²) in [5.74, 6) is 0.425. The van der Waals surface area contributed by atoms with Gasteiger partial charge in [0.15, 0.2) is 5.78 Å². The highest BCUT2D eigenvalue weighted by Crippen LogP contribution is 2.27. The molecule has 1 saturated heterocycles. The lowest BCUT2D eigenvalue weighted by Crippen LogP contribution is -2.39. The molecule has 0 amide bonds. The SMILES string of the molecule is O=C1c2ccccc2CC1CN1CCC(O)CC1. The van der Waals surface area contributed by atoms with Gasteiger partial charge >= 0.3 is 0 Å². The summed E-state index contributed by atoms with van der Waals surface area (Å²) in [6.45, 7) is 2.68. The zero-order valence-corrected chi connectivity index (χ0v) is 10.5. The first kappa shape index (κ1) is 11.9. The second-order valence-electron chi connectivity index (χ2n) is 5.45. The standard InChI is InChI=1S/C15H19NO2/c17-13-5-7-16(8-6-13)10-12-9-11-3-1-2-4-14(11)15(12)18/h1-4,12-13,17H,5-10H2. The third-order valence-electron chi connectivity index (χ3n) is 4.16. The van der Waals surface area contributed by atoms with Crippen molar-refractivity contribution in [3.8, 4) is 0 Å². The molecule has 0 radical (unpaired) electrons. The molecule has 1 N–H and O–H groups in total. The third-order valence-corrected chi connectivity index (χ3v) is 4.16. The van der Waals surface area contributed by atoms with Crippen LogP contribution in [0.3, 0.4) is 0 Å². The zero-order chi connectivity index (χ0) is 12.5. The van der Waals surface area contributed by atoms with E-state index in [-0.39, 0.29) is 12.0 Å². The highest BCUT2D eigenvalue weighted by molar-refractivity contribution is 6.02. The van der Waals surface area contributed by atoms with E-state index in [4.69, 9.17) is 0 Å². The summed E-state index contributed by atoms with van der Waals surface area (Å²) in [7, 11) is 0. The van der Waals surface area contributed by atoms with Crippen molar-refractivity contribution in [2.24, 2.45) is 5.92 Å². The van der Waals surface area contributed by atoms with Crippen LogP contribution in [0.15, 0.2) is 24.3 Å². The quantitative estimate of drug-likeness (QED) is 0.858. The lowest BCUT2D eigenvalue weighted by atomic mass is 10.0. The number of nitrogens with zero attached hydrogens (tertiary/aromatic N) is 1. The first-order valence-electron chi connectivity index (χ1n) is 6.76. The summed E-state index contributed by atoms with van der Waals surface area (Å²) in [5.41, 5.74) is 2.11. The molecule has 1 unspecified atom stereocenters. The minimum absolute atomic E-state index is 0.123. The number of benzene rings is 1. The summed E-state index contributed by atoms with van der Waals surface area (Å²) in [4.78, 5) is 14.6. The molecule has 0 aromatic heterocycles. The lowest BCUT2D eigenvalue weighted by Gasteiger charge is -2.30. The first-order valence-corrected chi connectivity index (χ1v) is 6.76. The van der Waals surface area contributed by atoms with Gasteiger partial charge in [0.25, 0.3) is 0 Å². The zero-order valence-electron chi connectivity index (χ0n) is 10.5. The fraction of sp³-hybridized carbons (Fsp3) is 0.533. The second-order valence-corrected chi connectivity index (χ2v) is 5.45. The highest BCUT2D eigenvalue weighted by Gasteiger charge is 2.32. The minimum atomic E-state index is -0.141. The normalized spacial score (nSPS) is 25.4. The molecule has 1 aromatic carbocycles. The number of rotatable bonds is 2. The number of likely N-dealkylation sites (tertiary alicyclic amines) is 1. The number of piperidine rings is 1. The number of hydrogen-bond donors (Lipinski definition) is 1. The van der Waals surface area contributed by atoms with E-state index in [1.165, 1.54) is 5.56 Å². The molecule has 0 bridgehead atoms. The Bertz CT molecular complexity index is 450. The number of aliphatic hydroxyl groups is 1. The van der Waals surface area contributed by atoms with E-state index in [1.54, 1.807) is 0 Å². The van der Waals surface area contributed by atoms with Crippen LogP contribution in [0.1, 0.15) is 28.8 Å². The van der Waals surface area contributed by atoms with E-state index in [1.807, 2.05) is 18.2 Å². The average molecular weight is 245 g/mol. The van der Waals surface area contributed by atoms with Crippen molar-refractivity contribution in [3.63, 3.8) is 0 Å². The van der Waals surface area contributed by atoms with Gasteiger partial charge in [-0.25, -0.2) is 0 Å². The summed E-state index contributed by atoms with van der Waals surface area (Å²) >= 11 is 0. The molecular weight excluding hydrogens is 226 g/mol. The predicted molar refractivity (Wildman–Crippen MR) is 69.6 cm³/mol. The fourth-order valence-electron chi connectivity index (χ4n) is 3.08. The van der Waals surface area contributed by atoms with Gasteiger partial charge in [0.1, 0.15) is 0 Å². The monoisotopic (exact) mass is 245 g/mol. The molecule has 3 rings (SSSR count). The number of carbonyl (C=O) groups excluding carboxylic acids is 1. The lowest BCUT2D eigenvalue weighted by molar-refractivity contribution is 0.0692. The van der Waals surface area contributed by atoms with Crippen molar-refractivity contribution < 1.29 is 9.90 Å². The molecule has 2 aliphatic rings. The smallest absolute Gasteiger partial charge is 0.167 e. The Morgan fingerprint density at radius 2 is 1.94 bits per heavy atom. The Morgan fingerprint density at radius 3 is 2.67 bits per heavy atom. The van der Waals surface area contributed by atoms with Crippen LogP contribution in [-0.2, 0) is 6.42 Å². The molecule has 1 aliphatic carbocycles. The number of Topliss-reactive ketones (excluding diaryl/α,β-unsaturated/α-hetero) is 1. The Balaban J connectivity index is 1.64. The van der Waals surface area contributed by atoms with Gasteiger partial charge in [-0.2, -0.15) is 0 Å². The molecule has 18 heavy (non-hydrogen) atoms. The molecule has 3 heteroatoms. The van der Waals surface area contributed by atoms with E-state index >= 15 is 0 Å². The van der Waals surface area contributed by atoms with Crippen molar-refractivity contribution in [2.45, 2.75) is 25.4 Å². The summed E-state index contributed by atoms with van der Waals surface area (Å²) in [5, 5.41) is 9.49. The van der Waals surface area contributed by atoms with Crippen LogP contribution in [0.25, 0.3) is 0 Å². The van der Waals surface area contributed by atoms with Gasteiger partial charge in [0, 0.05) is 31.1 Å². The average Bonchev–Trinajstić information content (AvgIpc) is 2.70. The largest absolute Gasteiger partial charge is 0.393 e. The molecule has 96 valence electrons. The molecule has 1 heterocycles. The van der Waals surface area contributed by atoms with Gasteiger partial charge in [0.05, 0.1) is 6.10 Å². The first-order chi connectivity index (χ1) is 8.74. The van der Waals surface area contributed by atoms with Gasteiger partial charge < -0.3 is 10.0 Å². The molecule has 1 aliphatic heterocycles. The van der Waals surface area contributed by atoms with E-state index < -0.39 is 0 Å². The Kier molecular flexibility index (Phi) is 3.18. The van der Waals surface area contributed by atoms with Crippen molar-refractivity contribution >= 4 is 5.78 Å². The topological polar surface area (TPSA) is 40.5 Å². The van der Waals surface area contributed by atoms with Crippen LogP contribution in [0.4, 0.5) is 0 Å². The number of carbonyl (C=O) groups is 1. The van der Waals surface area contributed by atoms with Crippen LogP contribution in [-0.4, -0.2) is 41.5 Å². The van der Waals surface area contributed by atoms with Gasteiger partial charge in [-0.3, -0.25) is 4.79 Å². The minimum Gasteiger partial charge on any atom is -0.393 e. The van der Waals surface area contributed by atoms with Crippen molar-refractivity contribution in [3.05, 3.63) is 35.4 Å². The highest BCUT2D eigenvalue weighted by atomic mass is 16.3. The van der Waals surface area contributed by atoms with Crippen LogP contribution >= 0.6 is 0 Å². The Morgan fingerprint density at radius 1 is 1.22 bits per heavy atom. The van der Waals surface area contributed by atoms with E-state index in [2.05, 4.69) is 11.0 Å². The maximum atomic E-state index is 12.3. The van der Waals surface area contributed by atoms with E-state index in [9.17, 15) is 9.90 Å². The van der Waals surface area contributed by atoms with Crippen LogP contribution in [0, 0.1) is 5.92 Å². The number of hydrogen-bond acceptors (Lipinski definition) is 3. The van der Waals surface area contributed by atoms with Crippen molar-refractivity contribution in [2.75, 3.05) is 19.6 Å². The van der Waals surface area contributed by atoms with E-state index in [0.717, 1.165) is 44.5 Å². The summed E-state index contributed by atoms with van der Waals surface area (Å²) in [6, 6.07) is 7.95. The van der Waals surface area contributed by atoms with Gasteiger partial charge in [-0.15, -0.1) is 0 Å². The van der Waals surface area contributed by atoms with E-state index in [0.29, 0.717) is 5.78 Å². The maximum absolute atomic E-state index is 12.3. The molecular formula is C15H19NO2. The van der Waals surface area contributed by atoms with Crippen molar-refractivity contribution in [1.29, 1.82) is 0 Å². The summed E-state index contributed by atoms with van der Waals surface area (Å²) in [6.07, 6.45) is 2.42.